The molecule has 3 N–H and O–H groups in total. The third-order valence-electron chi connectivity index (χ3n) is 1.39. The molecule has 0 aliphatic carbocycles. The zero-order chi connectivity index (χ0) is 9.84. The number of anilines is 1. The molecule has 0 aromatic carbocycles. The molecule has 1 rings (SSSR count). The van der Waals surface area contributed by atoms with E-state index in [9.17, 15) is 4.79 Å². The summed E-state index contributed by atoms with van der Waals surface area (Å²) in [4.78, 5) is 15.1. The maximum atomic E-state index is 11.1. The molecule has 5 heteroatoms. The lowest BCUT2D eigenvalue weighted by atomic mass is 10.3. The summed E-state index contributed by atoms with van der Waals surface area (Å²) in [6.45, 7) is 1.62. The van der Waals surface area contributed by atoms with Crippen LogP contribution in [0.4, 0.5) is 5.82 Å². The average Bonchev–Trinajstić information content (AvgIpc) is 2.04. The Hall–Kier alpha value is -0.940. The fourth-order valence-electron chi connectivity index (χ4n) is 0.713. The lowest BCUT2D eigenvalue weighted by Gasteiger charge is -2.06. The Morgan fingerprint density at radius 3 is 3.00 bits per heavy atom. The SMILES string of the molecule is C[C@H](N)C(=O)Nc1cc(Br)ccn1. The highest BCUT2D eigenvalue weighted by Crippen LogP contribution is 2.12. The van der Waals surface area contributed by atoms with Crippen LogP contribution in [0.1, 0.15) is 6.92 Å². The normalized spacial score (nSPS) is 12.2. The van der Waals surface area contributed by atoms with E-state index in [1.54, 1.807) is 25.3 Å². The molecule has 0 unspecified atom stereocenters. The van der Waals surface area contributed by atoms with Crippen molar-refractivity contribution in [2.75, 3.05) is 5.32 Å². The van der Waals surface area contributed by atoms with Crippen molar-refractivity contribution in [1.82, 2.24) is 4.98 Å². The van der Waals surface area contributed by atoms with E-state index in [0.29, 0.717) is 5.82 Å². The molecule has 0 spiro atoms. The van der Waals surface area contributed by atoms with E-state index in [1.807, 2.05) is 0 Å². The summed E-state index contributed by atoms with van der Waals surface area (Å²) in [6, 6.07) is 2.96. The summed E-state index contributed by atoms with van der Waals surface area (Å²) < 4.78 is 0.863. The van der Waals surface area contributed by atoms with Crippen LogP contribution in [0, 0.1) is 0 Å². The molecule has 1 atom stereocenters. The molecular weight excluding hydrogens is 234 g/mol. The molecule has 0 aliphatic rings. The van der Waals surface area contributed by atoms with Crippen LogP contribution < -0.4 is 11.1 Å². The van der Waals surface area contributed by atoms with Crippen molar-refractivity contribution < 1.29 is 4.79 Å². The predicted octanol–water partition coefficient (Wildman–Crippen LogP) is 1.13. The van der Waals surface area contributed by atoms with Crippen molar-refractivity contribution in [1.29, 1.82) is 0 Å². The largest absolute Gasteiger partial charge is 0.320 e. The first-order chi connectivity index (χ1) is 6.09. The molecule has 13 heavy (non-hydrogen) atoms. The Morgan fingerprint density at radius 1 is 1.77 bits per heavy atom. The number of rotatable bonds is 2. The monoisotopic (exact) mass is 243 g/mol. The van der Waals surface area contributed by atoms with Gasteiger partial charge in [0, 0.05) is 10.7 Å². The van der Waals surface area contributed by atoms with Gasteiger partial charge in [-0.1, -0.05) is 15.9 Å². The van der Waals surface area contributed by atoms with Crippen LogP contribution in [0.25, 0.3) is 0 Å². The van der Waals surface area contributed by atoms with Gasteiger partial charge in [-0.05, 0) is 19.1 Å². The van der Waals surface area contributed by atoms with Crippen LogP contribution in [0.2, 0.25) is 0 Å². The fourth-order valence-corrected chi connectivity index (χ4v) is 1.05. The van der Waals surface area contributed by atoms with Crippen molar-refractivity contribution in [2.24, 2.45) is 5.73 Å². The van der Waals surface area contributed by atoms with Crippen molar-refractivity contribution >= 4 is 27.7 Å². The topological polar surface area (TPSA) is 68.0 Å². The zero-order valence-electron chi connectivity index (χ0n) is 7.12. The molecule has 1 aromatic rings. The number of nitrogens with one attached hydrogen (secondary N) is 1. The van der Waals surface area contributed by atoms with E-state index in [4.69, 9.17) is 5.73 Å². The number of aromatic nitrogens is 1. The maximum absolute atomic E-state index is 11.1. The first kappa shape index (κ1) is 10.1. The number of hydrogen-bond donors (Lipinski definition) is 2. The van der Waals surface area contributed by atoms with Gasteiger partial charge in [-0.25, -0.2) is 4.98 Å². The lowest BCUT2D eigenvalue weighted by molar-refractivity contribution is -0.117. The summed E-state index contributed by atoms with van der Waals surface area (Å²) in [5.41, 5.74) is 5.37. The molecule has 0 bridgehead atoms. The molecular formula is C8H10BrN3O. The van der Waals surface area contributed by atoms with E-state index in [1.165, 1.54) is 0 Å². The van der Waals surface area contributed by atoms with Crippen molar-refractivity contribution in [3.63, 3.8) is 0 Å². The smallest absolute Gasteiger partial charge is 0.242 e. The van der Waals surface area contributed by atoms with Crippen LogP contribution in [-0.2, 0) is 4.79 Å². The molecule has 0 radical (unpaired) electrons. The van der Waals surface area contributed by atoms with Gasteiger partial charge >= 0.3 is 0 Å². The highest BCUT2D eigenvalue weighted by molar-refractivity contribution is 9.10. The van der Waals surface area contributed by atoms with Gasteiger partial charge in [0.2, 0.25) is 5.91 Å². The molecule has 1 amide bonds. The zero-order valence-corrected chi connectivity index (χ0v) is 8.71. The number of halogens is 1. The van der Waals surface area contributed by atoms with Gasteiger partial charge in [-0.3, -0.25) is 4.79 Å². The van der Waals surface area contributed by atoms with Gasteiger partial charge in [0.15, 0.2) is 0 Å². The van der Waals surface area contributed by atoms with Gasteiger partial charge in [0.05, 0.1) is 6.04 Å². The minimum absolute atomic E-state index is 0.245. The van der Waals surface area contributed by atoms with Crippen LogP contribution in [-0.4, -0.2) is 16.9 Å². The van der Waals surface area contributed by atoms with E-state index in [-0.39, 0.29) is 5.91 Å². The Balaban J connectivity index is 2.69. The molecule has 0 fully saturated rings. The second-order valence-corrected chi connectivity index (χ2v) is 3.55. The van der Waals surface area contributed by atoms with E-state index >= 15 is 0 Å². The van der Waals surface area contributed by atoms with Crippen molar-refractivity contribution in [3.05, 3.63) is 22.8 Å². The number of carbonyl (C=O) groups is 1. The van der Waals surface area contributed by atoms with Gasteiger partial charge in [0.25, 0.3) is 0 Å². The Bertz CT molecular complexity index is 314. The van der Waals surface area contributed by atoms with Crippen molar-refractivity contribution in [3.8, 4) is 0 Å². The van der Waals surface area contributed by atoms with Crippen LogP contribution in [0.5, 0.6) is 0 Å². The van der Waals surface area contributed by atoms with E-state index in [2.05, 4.69) is 26.2 Å². The third kappa shape index (κ3) is 3.12. The molecule has 0 aliphatic heterocycles. The maximum Gasteiger partial charge on any atom is 0.242 e. The highest BCUT2D eigenvalue weighted by atomic mass is 79.9. The molecule has 0 saturated heterocycles. The molecule has 1 aromatic heterocycles. The van der Waals surface area contributed by atoms with Gasteiger partial charge in [0.1, 0.15) is 5.82 Å². The third-order valence-corrected chi connectivity index (χ3v) is 1.88. The second-order valence-electron chi connectivity index (χ2n) is 2.64. The highest BCUT2D eigenvalue weighted by Gasteiger charge is 2.07. The first-order valence-corrected chi connectivity index (χ1v) is 4.57. The summed E-state index contributed by atoms with van der Waals surface area (Å²) in [5.74, 6) is 0.252. The average molecular weight is 244 g/mol. The number of pyridine rings is 1. The second kappa shape index (κ2) is 4.34. The van der Waals surface area contributed by atoms with E-state index < -0.39 is 6.04 Å². The minimum atomic E-state index is -0.527. The Kier molecular flexibility index (Phi) is 3.39. The van der Waals surface area contributed by atoms with Gasteiger partial charge in [-0.15, -0.1) is 0 Å². The number of carbonyl (C=O) groups excluding carboxylic acids is 1. The number of nitrogens with zero attached hydrogens (tertiary/aromatic N) is 1. The lowest BCUT2D eigenvalue weighted by Crippen LogP contribution is -2.32. The number of hydrogen-bond acceptors (Lipinski definition) is 3. The van der Waals surface area contributed by atoms with Gasteiger partial charge in [-0.2, -0.15) is 0 Å². The Labute approximate surface area is 84.7 Å². The summed E-state index contributed by atoms with van der Waals surface area (Å²) in [5, 5.41) is 2.58. The molecule has 0 saturated carbocycles. The summed E-state index contributed by atoms with van der Waals surface area (Å²) in [7, 11) is 0. The van der Waals surface area contributed by atoms with Crippen LogP contribution in [0.3, 0.4) is 0 Å². The van der Waals surface area contributed by atoms with Crippen molar-refractivity contribution in [2.45, 2.75) is 13.0 Å². The fraction of sp³-hybridized carbons (Fsp3) is 0.250. The van der Waals surface area contributed by atoms with E-state index in [0.717, 1.165) is 4.47 Å². The summed E-state index contributed by atoms with van der Waals surface area (Å²) in [6.07, 6.45) is 1.60. The number of nitrogens with two attached hydrogens (primary N) is 1. The minimum Gasteiger partial charge on any atom is -0.320 e. The van der Waals surface area contributed by atoms with Crippen LogP contribution >= 0.6 is 15.9 Å². The van der Waals surface area contributed by atoms with Crippen LogP contribution in [0.15, 0.2) is 22.8 Å². The quantitative estimate of drug-likeness (QED) is 0.819. The standard InChI is InChI=1S/C8H10BrN3O/c1-5(10)8(13)12-7-4-6(9)2-3-11-7/h2-5H,10H2,1H3,(H,11,12,13)/t5-/m0/s1. The summed E-state index contributed by atoms with van der Waals surface area (Å²) >= 11 is 3.27. The number of amides is 1. The predicted molar refractivity (Wildman–Crippen MR) is 54.2 cm³/mol. The first-order valence-electron chi connectivity index (χ1n) is 3.77. The molecule has 70 valence electrons. The van der Waals surface area contributed by atoms with Gasteiger partial charge < -0.3 is 11.1 Å². The molecule has 1 heterocycles. The Morgan fingerprint density at radius 2 is 2.46 bits per heavy atom. The molecule has 4 nitrogen and oxygen atoms in total.